The zero-order chi connectivity index (χ0) is 21.8. The Morgan fingerprint density at radius 3 is 2.42 bits per heavy atom. The van der Waals surface area contributed by atoms with Gasteiger partial charge in [-0.15, -0.1) is 0 Å². The first kappa shape index (κ1) is 20.8. The lowest BCUT2D eigenvalue weighted by Crippen LogP contribution is -2.50. The second-order valence-corrected chi connectivity index (χ2v) is 10.7. The van der Waals surface area contributed by atoms with Gasteiger partial charge in [-0.2, -0.15) is 13.2 Å². The molecule has 5 aliphatic rings. The van der Waals surface area contributed by atoms with Crippen molar-refractivity contribution in [2.45, 2.75) is 61.9 Å². The SMILES string of the molecule is O=C(CC1SC(=NC23CC4CC(CC(C4)C2)C3)NC1=O)Nc1cccc(C(F)(F)F)c1. The van der Waals surface area contributed by atoms with Crippen LogP contribution in [0.5, 0.6) is 0 Å². The second kappa shape index (κ2) is 7.53. The van der Waals surface area contributed by atoms with Crippen LogP contribution in [-0.2, 0) is 15.8 Å². The average Bonchev–Trinajstić information content (AvgIpc) is 2.98. The highest BCUT2D eigenvalue weighted by Crippen LogP contribution is 2.57. The van der Waals surface area contributed by atoms with Crippen LogP contribution in [0.2, 0.25) is 0 Å². The molecule has 5 fully saturated rings. The molecule has 1 aromatic rings. The van der Waals surface area contributed by atoms with Crippen molar-refractivity contribution in [3.63, 3.8) is 0 Å². The summed E-state index contributed by atoms with van der Waals surface area (Å²) in [6, 6.07) is 4.48. The monoisotopic (exact) mass is 451 g/mol. The Morgan fingerprint density at radius 2 is 1.81 bits per heavy atom. The van der Waals surface area contributed by atoms with Gasteiger partial charge in [0.25, 0.3) is 0 Å². The first-order valence-electron chi connectivity index (χ1n) is 10.7. The van der Waals surface area contributed by atoms with Gasteiger partial charge in [0.1, 0.15) is 5.25 Å². The number of hydrogen-bond acceptors (Lipinski definition) is 4. The van der Waals surface area contributed by atoms with Crippen LogP contribution >= 0.6 is 11.8 Å². The molecule has 0 aromatic heterocycles. The molecule has 4 saturated carbocycles. The summed E-state index contributed by atoms with van der Waals surface area (Å²) in [6.07, 6.45) is 2.57. The maximum Gasteiger partial charge on any atom is 0.416 e. The lowest BCUT2D eigenvalue weighted by Gasteiger charge is -2.55. The number of alkyl halides is 3. The summed E-state index contributed by atoms with van der Waals surface area (Å²) in [6.45, 7) is 0. The van der Waals surface area contributed by atoms with Crippen LogP contribution < -0.4 is 10.6 Å². The van der Waals surface area contributed by atoms with Crippen molar-refractivity contribution in [2.24, 2.45) is 22.7 Å². The summed E-state index contributed by atoms with van der Waals surface area (Å²) in [4.78, 5) is 29.8. The van der Waals surface area contributed by atoms with Crippen molar-refractivity contribution in [3.8, 4) is 0 Å². The fourth-order valence-corrected chi connectivity index (χ4v) is 7.24. The maximum atomic E-state index is 12.9. The highest BCUT2D eigenvalue weighted by atomic mass is 32.2. The molecule has 1 aliphatic heterocycles. The molecule has 31 heavy (non-hydrogen) atoms. The van der Waals surface area contributed by atoms with Crippen LogP contribution in [0.15, 0.2) is 29.3 Å². The molecule has 1 saturated heterocycles. The molecule has 2 N–H and O–H groups in total. The van der Waals surface area contributed by atoms with Crippen molar-refractivity contribution < 1.29 is 22.8 Å². The third-order valence-electron chi connectivity index (χ3n) is 6.97. The van der Waals surface area contributed by atoms with Crippen molar-refractivity contribution in [2.75, 3.05) is 5.32 Å². The first-order valence-corrected chi connectivity index (χ1v) is 11.6. The lowest BCUT2D eigenvalue weighted by molar-refractivity contribution is -0.137. The Hall–Kier alpha value is -2.03. The summed E-state index contributed by atoms with van der Waals surface area (Å²) < 4.78 is 38.6. The number of hydrogen-bond donors (Lipinski definition) is 2. The second-order valence-electron chi connectivity index (χ2n) is 9.49. The quantitative estimate of drug-likeness (QED) is 0.704. The Labute approximate surface area is 182 Å². The van der Waals surface area contributed by atoms with Crippen molar-refractivity contribution in [1.82, 2.24) is 5.32 Å². The highest BCUT2D eigenvalue weighted by Gasteiger charge is 2.51. The lowest BCUT2D eigenvalue weighted by atomic mass is 9.53. The number of amidine groups is 1. The summed E-state index contributed by atoms with van der Waals surface area (Å²) in [5.41, 5.74) is -0.839. The number of nitrogens with one attached hydrogen (secondary N) is 2. The number of halogens is 3. The predicted octanol–water partition coefficient (Wildman–Crippen LogP) is 4.59. The van der Waals surface area contributed by atoms with Crippen LogP contribution in [0, 0.1) is 17.8 Å². The van der Waals surface area contributed by atoms with Gasteiger partial charge in [-0.1, -0.05) is 17.8 Å². The normalized spacial score (nSPS) is 35.5. The molecule has 2 amide bonds. The number of carbonyl (C=O) groups excluding carboxylic acids is 2. The molecule has 5 nitrogen and oxygen atoms in total. The van der Waals surface area contributed by atoms with E-state index in [9.17, 15) is 22.8 Å². The summed E-state index contributed by atoms with van der Waals surface area (Å²) in [5.74, 6) is 1.46. The molecule has 4 aliphatic carbocycles. The van der Waals surface area contributed by atoms with E-state index in [1.165, 1.54) is 43.2 Å². The van der Waals surface area contributed by atoms with Gasteiger partial charge in [0.15, 0.2) is 5.17 Å². The van der Waals surface area contributed by atoms with Crippen LogP contribution in [-0.4, -0.2) is 27.8 Å². The molecule has 1 unspecified atom stereocenters. The van der Waals surface area contributed by atoms with E-state index in [4.69, 9.17) is 4.99 Å². The van der Waals surface area contributed by atoms with Gasteiger partial charge >= 0.3 is 6.18 Å². The molecule has 6 rings (SSSR count). The largest absolute Gasteiger partial charge is 0.416 e. The molecular formula is C22H24F3N3O2S. The summed E-state index contributed by atoms with van der Waals surface area (Å²) in [5, 5.41) is 5.25. The van der Waals surface area contributed by atoms with Gasteiger partial charge in [-0.3, -0.25) is 14.6 Å². The zero-order valence-electron chi connectivity index (χ0n) is 16.9. The highest BCUT2D eigenvalue weighted by molar-refractivity contribution is 8.15. The van der Waals surface area contributed by atoms with Gasteiger partial charge in [0.2, 0.25) is 11.8 Å². The number of benzene rings is 1. The van der Waals surface area contributed by atoms with Crippen molar-refractivity contribution >= 4 is 34.4 Å². The summed E-state index contributed by atoms with van der Waals surface area (Å²) in [7, 11) is 0. The van der Waals surface area contributed by atoms with E-state index in [0.29, 0.717) is 5.17 Å². The number of nitrogens with zero attached hydrogens (tertiary/aromatic N) is 1. The number of thioether (sulfide) groups is 1. The third-order valence-corrected chi connectivity index (χ3v) is 8.05. The molecule has 1 heterocycles. The zero-order valence-corrected chi connectivity index (χ0v) is 17.7. The van der Waals surface area contributed by atoms with Crippen LogP contribution in [0.25, 0.3) is 0 Å². The van der Waals surface area contributed by atoms with Crippen molar-refractivity contribution in [1.29, 1.82) is 0 Å². The molecule has 0 radical (unpaired) electrons. The number of rotatable bonds is 4. The van der Waals surface area contributed by atoms with E-state index in [2.05, 4.69) is 10.6 Å². The minimum absolute atomic E-state index is 0.0608. The standard InChI is InChI=1S/C22H24F3N3O2S/c23-22(24,25)15-2-1-3-16(7-15)26-18(29)8-17-19(30)27-20(31-17)28-21-9-12-4-13(10-21)6-14(5-12)11-21/h1-3,7,12-14,17H,4-6,8-11H2,(H,26,29)(H,27,28,30). The van der Waals surface area contributed by atoms with Gasteiger partial charge in [0, 0.05) is 12.1 Å². The van der Waals surface area contributed by atoms with E-state index in [1.807, 2.05) is 0 Å². The molecule has 1 atom stereocenters. The number of amides is 2. The molecule has 0 spiro atoms. The van der Waals surface area contributed by atoms with Gasteiger partial charge in [-0.05, 0) is 74.5 Å². The summed E-state index contributed by atoms with van der Waals surface area (Å²) >= 11 is 1.26. The van der Waals surface area contributed by atoms with Crippen LogP contribution in [0.4, 0.5) is 18.9 Å². The molecule has 4 bridgehead atoms. The molecular weight excluding hydrogens is 427 g/mol. The fourth-order valence-electron chi connectivity index (χ4n) is 6.16. The Kier molecular flexibility index (Phi) is 5.07. The fraction of sp³-hybridized carbons (Fsp3) is 0.591. The average molecular weight is 452 g/mol. The minimum Gasteiger partial charge on any atom is -0.326 e. The number of anilines is 1. The predicted molar refractivity (Wildman–Crippen MR) is 113 cm³/mol. The van der Waals surface area contributed by atoms with Gasteiger partial charge in [-0.25, -0.2) is 0 Å². The van der Waals surface area contributed by atoms with Crippen LogP contribution in [0.3, 0.4) is 0 Å². The Bertz CT molecular complexity index is 911. The van der Waals surface area contributed by atoms with E-state index >= 15 is 0 Å². The Balaban J connectivity index is 1.22. The van der Waals surface area contributed by atoms with E-state index in [-0.39, 0.29) is 23.6 Å². The van der Waals surface area contributed by atoms with Gasteiger partial charge < -0.3 is 10.6 Å². The van der Waals surface area contributed by atoms with E-state index in [0.717, 1.165) is 49.1 Å². The smallest absolute Gasteiger partial charge is 0.326 e. The number of carbonyl (C=O) groups is 2. The molecule has 1 aromatic carbocycles. The van der Waals surface area contributed by atoms with E-state index < -0.39 is 22.9 Å². The third kappa shape index (κ3) is 4.33. The maximum absolute atomic E-state index is 12.9. The molecule has 166 valence electrons. The van der Waals surface area contributed by atoms with Crippen LogP contribution in [0.1, 0.15) is 50.5 Å². The molecule has 9 heteroatoms. The van der Waals surface area contributed by atoms with Crippen molar-refractivity contribution in [3.05, 3.63) is 29.8 Å². The minimum atomic E-state index is -4.48. The van der Waals surface area contributed by atoms with Gasteiger partial charge in [0.05, 0.1) is 11.1 Å². The topological polar surface area (TPSA) is 70.6 Å². The van der Waals surface area contributed by atoms with E-state index in [1.54, 1.807) is 0 Å². The first-order chi connectivity index (χ1) is 14.7. The Morgan fingerprint density at radius 1 is 1.16 bits per heavy atom. The number of aliphatic imine (C=N–C) groups is 1.